The Hall–Kier alpha value is -1.43. The van der Waals surface area contributed by atoms with Gasteiger partial charge >= 0.3 is 0 Å². The predicted octanol–water partition coefficient (Wildman–Crippen LogP) is 1.13. The standard InChI is InChI=1S/C9H12N4OS/c1-3-8(14)10-4-7-5-13-9(11-7)15-6(2)12-13/h5H,3-4H2,1-2H3,(H,10,14). The predicted molar refractivity (Wildman–Crippen MR) is 57.7 cm³/mol. The van der Waals surface area contributed by atoms with Crippen LogP contribution in [0.4, 0.5) is 0 Å². The first-order valence-corrected chi connectivity index (χ1v) is 5.59. The Morgan fingerprint density at radius 2 is 2.47 bits per heavy atom. The molecule has 0 aliphatic heterocycles. The minimum atomic E-state index is 0.0375. The molecule has 0 unspecified atom stereocenters. The third-order valence-electron chi connectivity index (χ3n) is 1.98. The highest BCUT2D eigenvalue weighted by atomic mass is 32.1. The fraction of sp³-hybridized carbons (Fsp3) is 0.444. The molecular weight excluding hydrogens is 212 g/mol. The molecule has 0 bridgehead atoms. The van der Waals surface area contributed by atoms with E-state index in [2.05, 4.69) is 15.4 Å². The molecule has 1 N–H and O–H groups in total. The van der Waals surface area contributed by atoms with E-state index in [1.807, 2.05) is 20.0 Å². The number of rotatable bonds is 3. The van der Waals surface area contributed by atoms with Crippen molar-refractivity contribution in [3.63, 3.8) is 0 Å². The second-order valence-corrected chi connectivity index (χ2v) is 4.37. The fourth-order valence-electron chi connectivity index (χ4n) is 1.24. The van der Waals surface area contributed by atoms with Gasteiger partial charge in [0.2, 0.25) is 10.9 Å². The van der Waals surface area contributed by atoms with Crippen LogP contribution < -0.4 is 5.32 Å². The molecule has 2 aromatic heterocycles. The molecule has 2 aromatic rings. The molecule has 0 aliphatic carbocycles. The summed E-state index contributed by atoms with van der Waals surface area (Å²) in [6.45, 7) is 4.24. The van der Waals surface area contributed by atoms with E-state index in [-0.39, 0.29) is 5.91 Å². The summed E-state index contributed by atoms with van der Waals surface area (Å²) in [4.78, 5) is 16.2. The van der Waals surface area contributed by atoms with Crippen molar-refractivity contribution in [1.82, 2.24) is 19.9 Å². The summed E-state index contributed by atoms with van der Waals surface area (Å²) in [7, 11) is 0. The lowest BCUT2D eigenvalue weighted by molar-refractivity contribution is -0.120. The fourth-order valence-corrected chi connectivity index (χ4v) is 1.99. The van der Waals surface area contributed by atoms with Gasteiger partial charge in [0, 0.05) is 6.42 Å². The third-order valence-corrected chi connectivity index (χ3v) is 2.82. The number of aromatic nitrogens is 3. The first kappa shape index (κ1) is 10.1. The highest BCUT2D eigenvalue weighted by Crippen LogP contribution is 2.13. The van der Waals surface area contributed by atoms with Gasteiger partial charge < -0.3 is 5.32 Å². The lowest BCUT2D eigenvalue weighted by atomic mass is 10.4. The van der Waals surface area contributed by atoms with Gasteiger partial charge in [-0.3, -0.25) is 4.79 Å². The number of imidazole rings is 1. The molecule has 6 heteroatoms. The Morgan fingerprint density at radius 3 is 3.13 bits per heavy atom. The molecule has 80 valence electrons. The molecular formula is C9H12N4OS. The van der Waals surface area contributed by atoms with Gasteiger partial charge in [-0.25, -0.2) is 9.50 Å². The van der Waals surface area contributed by atoms with Gasteiger partial charge in [0.15, 0.2) is 0 Å². The lowest BCUT2D eigenvalue weighted by Gasteiger charge is -1.98. The van der Waals surface area contributed by atoms with Gasteiger partial charge in [-0.05, 0) is 6.92 Å². The van der Waals surface area contributed by atoms with Gasteiger partial charge in [0.05, 0.1) is 18.4 Å². The highest BCUT2D eigenvalue weighted by Gasteiger charge is 2.06. The van der Waals surface area contributed by atoms with E-state index in [0.29, 0.717) is 13.0 Å². The van der Waals surface area contributed by atoms with Crippen LogP contribution in [0.3, 0.4) is 0 Å². The molecule has 0 aromatic carbocycles. The topological polar surface area (TPSA) is 59.3 Å². The van der Waals surface area contributed by atoms with E-state index in [9.17, 15) is 4.79 Å². The molecule has 0 aliphatic rings. The van der Waals surface area contributed by atoms with Gasteiger partial charge in [-0.2, -0.15) is 5.10 Å². The number of hydrogen-bond acceptors (Lipinski definition) is 4. The molecule has 0 fully saturated rings. The zero-order valence-electron chi connectivity index (χ0n) is 8.65. The number of hydrogen-bond donors (Lipinski definition) is 1. The summed E-state index contributed by atoms with van der Waals surface area (Å²) in [5.74, 6) is 0.0375. The van der Waals surface area contributed by atoms with Gasteiger partial charge in [-0.15, -0.1) is 0 Å². The van der Waals surface area contributed by atoms with Gasteiger partial charge in [0.25, 0.3) is 0 Å². The summed E-state index contributed by atoms with van der Waals surface area (Å²) in [6.07, 6.45) is 2.34. The average Bonchev–Trinajstić information content (AvgIpc) is 2.70. The number of nitrogens with zero attached hydrogens (tertiary/aromatic N) is 3. The van der Waals surface area contributed by atoms with E-state index in [0.717, 1.165) is 15.7 Å². The molecule has 0 saturated carbocycles. The number of aryl methyl sites for hydroxylation is 1. The SMILES string of the molecule is CCC(=O)NCc1cn2nc(C)sc2n1. The normalized spacial score (nSPS) is 10.8. The molecule has 0 saturated heterocycles. The van der Waals surface area contributed by atoms with Gasteiger partial charge in [-0.1, -0.05) is 18.3 Å². The van der Waals surface area contributed by atoms with E-state index in [4.69, 9.17) is 0 Å². The van der Waals surface area contributed by atoms with Crippen molar-refractivity contribution in [3.8, 4) is 0 Å². The number of nitrogens with one attached hydrogen (secondary N) is 1. The Bertz CT molecular complexity index is 456. The summed E-state index contributed by atoms with van der Waals surface area (Å²) >= 11 is 1.54. The third kappa shape index (κ3) is 2.15. The Morgan fingerprint density at radius 1 is 1.67 bits per heavy atom. The lowest BCUT2D eigenvalue weighted by Crippen LogP contribution is -2.21. The molecule has 1 amide bonds. The maximum atomic E-state index is 11.0. The maximum absolute atomic E-state index is 11.0. The summed E-state index contributed by atoms with van der Waals surface area (Å²) in [5.41, 5.74) is 0.843. The van der Waals surface area contributed by atoms with Crippen LogP contribution in [0, 0.1) is 6.92 Å². The largest absolute Gasteiger partial charge is 0.350 e. The number of carbonyl (C=O) groups is 1. The zero-order chi connectivity index (χ0) is 10.8. The van der Waals surface area contributed by atoms with E-state index in [1.54, 1.807) is 15.9 Å². The minimum Gasteiger partial charge on any atom is -0.350 e. The van der Waals surface area contributed by atoms with Crippen molar-refractivity contribution in [2.75, 3.05) is 0 Å². The van der Waals surface area contributed by atoms with Crippen molar-refractivity contribution in [1.29, 1.82) is 0 Å². The summed E-state index contributed by atoms with van der Waals surface area (Å²) < 4.78 is 1.74. The van der Waals surface area contributed by atoms with E-state index < -0.39 is 0 Å². The van der Waals surface area contributed by atoms with Crippen LogP contribution in [-0.2, 0) is 11.3 Å². The Labute approximate surface area is 91.1 Å². The quantitative estimate of drug-likeness (QED) is 0.850. The van der Waals surface area contributed by atoms with Crippen LogP contribution in [-0.4, -0.2) is 20.5 Å². The first-order chi connectivity index (χ1) is 7.19. The van der Waals surface area contributed by atoms with E-state index in [1.165, 1.54) is 0 Å². The highest BCUT2D eigenvalue weighted by molar-refractivity contribution is 7.16. The molecule has 2 heterocycles. The Kier molecular flexibility index (Phi) is 2.68. The zero-order valence-corrected chi connectivity index (χ0v) is 9.47. The van der Waals surface area contributed by atoms with Crippen molar-refractivity contribution in [2.24, 2.45) is 0 Å². The molecule has 0 atom stereocenters. The second kappa shape index (κ2) is 3.98. The number of carbonyl (C=O) groups excluding carboxylic acids is 1. The van der Waals surface area contributed by atoms with Crippen molar-refractivity contribution >= 4 is 22.2 Å². The maximum Gasteiger partial charge on any atom is 0.220 e. The van der Waals surface area contributed by atoms with E-state index >= 15 is 0 Å². The van der Waals surface area contributed by atoms with Crippen LogP contribution in [0.25, 0.3) is 4.96 Å². The summed E-state index contributed by atoms with van der Waals surface area (Å²) in [5, 5.41) is 8.00. The van der Waals surface area contributed by atoms with Crippen LogP contribution in [0.15, 0.2) is 6.20 Å². The molecule has 2 rings (SSSR count). The monoisotopic (exact) mass is 224 g/mol. The van der Waals surface area contributed by atoms with Crippen LogP contribution in [0.5, 0.6) is 0 Å². The van der Waals surface area contributed by atoms with Crippen molar-refractivity contribution < 1.29 is 4.79 Å². The smallest absolute Gasteiger partial charge is 0.220 e. The van der Waals surface area contributed by atoms with Gasteiger partial charge in [0.1, 0.15) is 5.01 Å². The van der Waals surface area contributed by atoms with Crippen molar-refractivity contribution in [3.05, 3.63) is 16.9 Å². The molecule has 0 radical (unpaired) electrons. The summed E-state index contributed by atoms with van der Waals surface area (Å²) in [6, 6.07) is 0. The Balaban J connectivity index is 2.09. The van der Waals surface area contributed by atoms with Crippen LogP contribution in [0.2, 0.25) is 0 Å². The van der Waals surface area contributed by atoms with Crippen LogP contribution in [0.1, 0.15) is 24.0 Å². The second-order valence-electron chi connectivity index (χ2n) is 3.21. The molecule has 15 heavy (non-hydrogen) atoms. The molecule has 0 spiro atoms. The number of amides is 1. The first-order valence-electron chi connectivity index (χ1n) is 4.77. The number of fused-ring (bicyclic) bond motifs is 1. The minimum absolute atomic E-state index is 0.0375. The van der Waals surface area contributed by atoms with Crippen molar-refractivity contribution in [2.45, 2.75) is 26.8 Å². The average molecular weight is 224 g/mol. The molecule has 5 nitrogen and oxygen atoms in total. The van der Waals surface area contributed by atoms with Crippen LogP contribution >= 0.6 is 11.3 Å².